The SMILES string of the molecule is O=C1COCC2(CCN3C(=O)CCOc4cccc(F)c4[C@H]4CC[C@H](CC4)OCC32)N1. The fourth-order valence-corrected chi connectivity index (χ4v) is 5.66. The summed E-state index contributed by atoms with van der Waals surface area (Å²) >= 11 is 0. The molecule has 168 valence electrons. The molecule has 2 amide bonds. The maximum atomic E-state index is 14.7. The predicted octanol–water partition coefficient (Wildman–Crippen LogP) is 2.14. The summed E-state index contributed by atoms with van der Waals surface area (Å²) in [7, 11) is 0. The highest BCUT2D eigenvalue weighted by Crippen LogP contribution is 2.41. The number of ether oxygens (including phenoxy) is 3. The highest BCUT2D eigenvalue weighted by atomic mass is 19.1. The number of nitrogens with one attached hydrogen (secondary N) is 1. The number of rotatable bonds is 0. The Morgan fingerprint density at radius 1 is 1.16 bits per heavy atom. The first-order valence-corrected chi connectivity index (χ1v) is 11.3. The van der Waals surface area contributed by atoms with Gasteiger partial charge >= 0.3 is 0 Å². The van der Waals surface area contributed by atoms with Crippen LogP contribution >= 0.6 is 0 Å². The van der Waals surface area contributed by atoms with Crippen molar-refractivity contribution in [3.63, 3.8) is 0 Å². The molecule has 2 bridgehead atoms. The minimum Gasteiger partial charge on any atom is -0.493 e. The molecule has 4 aliphatic heterocycles. The van der Waals surface area contributed by atoms with Gasteiger partial charge in [-0.15, -0.1) is 0 Å². The molecule has 31 heavy (non-hydrogen) atoms. The zero-order valence-electron chi connectivity index (χ0n) is 17.6. The van der Waals surface area contributed by atoms with Gasteiger partial charge in [0.15, 0.2) is 0 Å². The van der Waals surface area contributed by atoms with Gasteiger partial charge in [-0.25, -0.2) is 4.39 Å². The van der Waals surface area contributed by atoms with Crippen LogP contribution in [0.4, 0.5) is 4.39 Å². The average Bonchev–Trinajstić information content (AvgIpc) is 3.09. The molecule has 2 atom stereocenters. The van der Waals surface area contributed by atoms with E-state index >= 15 is 0 Å². The molecule has 3 fully saturated rings. The lowest BCUT2D eigenvalue weighted by Crippen LogP contribution is -2.65. The Morgan fingerprint density at radius 2 is 2.00 bits per heavy atom. The maximum absolute atomic E-state index is 14.7. The number of benzene rings is 1. The Labute approximate surface area is 181 Å². The van der Waals surface area contributed by atoms with Gasteiger partial charge in [0.2, 0.25) is 11.8 Å². The molecule has 1 aliphatic carbocycles. The minimum absolute atomic E-state index is 0.0505. The van der Waals surface area contributed by atoms with Crippen LogP contribution in [0.1, 0.15) is 50.0 Å². The molecule has 1 spiro atoms. The first-order valence-electron chi connectivity index (χ1n) is 11.3. The summed E-state index contributed by atoms with van der Waals surface area (Å²) in [6.07, 6.45) is 4.21. The van der Waals surface area contributed by atoms with Crippen molar-refractivity contribution >= 4 is 11.8 Å². The van der Waals surface area contributed by atoms with Crippen molar-refractivity contribution in [2.75, 3.05) is 33.0 Å². The van der Waals surface area contributed by atoms with Crippen molar-refractivity contribution < 1.29 is 28.2 Å². The number of fused-ring (bicyclic) bond motifs is 6. The lowest BCUT2D eigenvalue weighted by atomic mass is 9.82. The zero-order valence-corrected chi connectivity index (χ0v) is 17.6. The molecule has 1 aromatic carbocycles. The van der Waals surface area contributed by atoms with Crippen molar-refractivity contribution in [2.45, 2.75) is 62.1 Å². The predicted molar refractivity (Wildman–Crippen MR) is 109 cm³/mol. The second kappa shape index (κ2) is 8.39. The molecule has 5 aliphatic rings. The Hall–Kier alpha value is -2.19. The quantitative estimate of drug-likeness (QED) is 0.680. The van der Waals surface area contributed by atoms with Crippen LogP contribution in [0, 0.1) is 5.82 Å². The van der Waals surface area contributed by atoms with E-state index in [1.807, 2.05) is 4.90 Å². The highest BCUT2D eigenvalue weighted by Gasteiger charge is 2.52. The van der Waals surface area contributed by atoms with Crippen LogP contribution in [0.2, 0.25) is 0 Å². The number of morpholine rings is 1. The van der Waals surface area contributed by atoms with E-state index in [9.17, 15) is 14.0 Å². The van der Waals surface area contributed by atoms with Crippen LogP contribution in [-0.4, -0.2) is 67.4 Å². The molecule has 2 unspecified atom stereocenters. The average molecular weight is 432 g/mol. The van der Waals surface area contributed by atoms with E-state index in [4.69, 9.17) is 14.2 Å². The van der Waals surface area contributed by atoms with E-state index in [-0.39, 0.29) is 55.3 Å². The summed E-state index contributed by atoms with van der Waals surface area (Å²) in [5, 5.41) is 3.10. The van der Waals surface area contributed by atoms with Crippen LogP contribution < -0.4 is 10.1 Å². The molecular weight excluding hydrogens is 403 g/mol. The Kier molecular flexibility index (Phi) is 5.60. The number of carbonyl (C=O) groups is 2. The molecule has 0 radical (unpaired) electrons. The van der Waals surface area contributed by atoms with Crippen LogP contribution in [0.15, 0.2) is 18.2 Å². The Bertz CT molecular complexity index is 856. The fourth-order valence-electron chi connectivity index (χ4n) is 5.66. The zero-order chi connectivity index (χ0) is 21.4. The minimum atomic E-state index is -0.601. The van der Waals surface area contributed by atoms with E-state index < -0.39 is 5.54 Å². The van der Waals surface area contributed by atoms with Crippen molar-refractivity contribution in [3.8, 4) is 5.75 Å². The Balaban J connectivity index is 1.41. The number of carbonyl (C=O) groups excluding carboxylic acids is 2. The molecule has 4 heterocycles. The second-order valence-corrected chi connectivity index (χ2v) is 9.11. The molecule has 0 aromatic heterocycles. The van der Waals surface area contributed by atoms with Crippen molar-refractivity contribution in [3.05, 3.63) is 29.6 Å². The number of hydrogen-bond acceptors (Lipinski definition) is 5. The van der Waals surface area contributed by atoms with Gasteiger partial charge in [-0.2, -0.15) is 0 Å². The normalized spacial score (nSPS) is 34.0. The largest absolute Gasteiger partial charge is 0.493 e. The molecule has 7 nitrogen and oxygen atoms in total. The van der Waals surface area contributed by atoms with E-state index in [1.165, 1.54) is 6.07 Å². The van der Waals surface area contributed by atoms with Gasteiger partial charge in [-0.1, -0.05) is 6.07 Å². The van der Waals surface area contributed by atoms with Gasteiger partial charge in [-0.3, -0.25) is 9.59 Å². The van der Waals surface area contributed by atoms with Gasteiger partial charge in [0.25, 0.3) is 0 Å². The third-order valence-corrected chi connectivity index (χ3v) is 7.27. The molecule has 1 saturated carbocycles. The summed E-state index contributed by atoms with van der Waals surface area (Å²) in [6.45, 7) is 1.51. The summed E-state index contributed by atoms with van der Waals surface area (Å²) < 4.78 is 32.4. The molecule has 1 N–H and O–H groups in total. The summed E-state index contributed by atoms with van der Waals surface area (Å²) in [5.41, 5.74) is 0.0288. The van der Waals surface area contributed by atoms with Gasteiger partial charge in [0.1, 0.15) is 18.2 Å². The lowest BCUT2D eigenvalue weighted by molar-refractivity contribution is -0.143. The van der Waals surface area contributed by atoms with Crippen LogP contribution in [0.3, 0.4) is 0 Å². The first kappa shape index (κ1) is 20.7. The second-order valence-electron chi connectivity index (χ2n) is 9.11. The third kappa shape index (κ3) is 3.91. The number of amides is 2. The van der Waals surface area contributed by atoms with Crippen LogP contribution in [-0.2, 0) is 19.1 Å². The topological polar surface area (TPSA) is 77.1 Å². The van der Waals surface area contributed by atoms with E-state index in [0.717, 1.165) is 25.7 Å². The van der Waals surface area contributed by atoms with Crippen LogP contribution in [0.5, 0.6) is 5.75 Å². The molecule has 6 rings (SSSR count). The number of halogens is 1. The molecule has 2 saturated heterocycles. The smallest absolute Gasteiger partial charge is 0.246 e. The lowest BCUT2D eigenvalue weighted by Gasteiger charge is -2.41. The molecule has 1 aromatic rings. The van der Waals surface area contributed by atoms with Crippen molar-refractivity contribution in [1.82, 2.24) is 10.2 Å². The van der Waals surface area contributed by atoms with Crippen molar-refractivity contribution in [2.24, 2.45) is 0 Å². The van der Waals surface area contributed by atoms with Gasteiger partial charge in [-0.05, 0) is 50.2 Å². The van der Waals surface area contributed by atoms with Gasteiger partial charge in [0.05, 0.1) is 43.9 Å². The van der Waals surface area contributed by atoms with E-state index in [2.05, 4.69) is 5.32 Å². The van der Waals surface area contributed by atoms with E-state index in [1.54, 1.807) is 12.1 Å². The third-order valence-electron chi connectivity index (χ3n) is 7.27. The standard InChI is InChI=1S/C23H29FN2O5/c24-17-2-1-3-18-22(17)15-4-6-16(7-5-15)31-12-19-23(14-29-13-20(27)25-23)9-10-26(19)21(28)8-11-30-18/h1-3,15-16,19H,4-14H2,(H,25,27)/t15-,16+,19?,23?. The summed E-state index contributed by atoms with van der Waals surface area (Å²) in [4.78, 5) is 27.0. The van der Waals surface area contributed by atoms with Gasteiger partial charge in [0, 0.05) is 12.1 Å². The summed E-state index contributed by atoms with van der Waals surface area (Å²) in [5.74, 6) is 0.189. The molecular formula is C23H29FN2O5. The Morgan fingerprint density at radius 3 is 2.81 bits per heavy atom. The maximum Gasteiger partial charge on any atom is 0.246 e. The summed E-state index contributed by atoms with van der Waals surface area (Å²) in [6, 6.07) is 4.66. The number of hydrogen-bond donors (Lipinski definition) is 1. The first-order chi connectivity index (χ1) is 15.1. The van der Waals surface area contributed by atoms with Gasteiger partial charge < -0.3 is 24.4 Å². The molecule has 8 heteroatoms. The van der Waals surface area contributed by atoms with Crippen LogP contribution in [0.25, 0.3) is 0 Å². The fraction of sp³-hybridized carbons (Fsp3) is 0.652. The number of nitrogens with zero attached hydrogens (tertiary/aromatic N) is 1. The van der Waals surface area contributed by atoms with Crippen molar-refractivity contribution in [1.29, 1.82) is 0 Å². The van der Waals surface area contributed by atoms with E-state index in [0.29, 0.717) is 37.5 Å². The highest BCUT2D eigenvalue weighted by molar-refractivity contribution is 5.80. The monoisotopic (exact) mass is 432 g/mol.